The standard InChI is InChI=1S/C19H29N5O3/c1-2-26-19(25)24-9-7-16(8-10-24)23-18(20)22-12-15-5-6-17(21-11-15)27-13-14-3-4-14/h5-6,11,14,16H,2-4,7-10,12-13H2,1H3,(H3,20,22,23). The summed E-state index contributed by atoms with van der Waals surface area (Å²) in [6, 6.07) is 4.06. The Morgan fingerprint density at radius 2 is 2.11 bits per heavy atom. The molecule has 1 aromatic heterocycles. The molecule has 0 atom stereocenters. The number of aliphatic imine (C=N–C) groups is 1. The average molecular weight is 375 g/mol. The zero-order valence-corrected chi connectivity index (χ0v) is 15.9. The molecule has 3 N–H and O–H groups in total. The van der Waals surface area contributed by atoms with Crippen molar-refractivity contribution in [3.05, 3.63) is 23.9 Å². The molecule has 1 saturated heterocycles. The first-order chi connectivity index (χ1) is 13.1. The second-order valence-electron chi connectivity index (χ2n) is 7.07. The van der Waals surface area contributed by atoms with Crippen LogP contribution in [0.4, 0.5) is 4.79 Å². The molecule has 0 unspecified atom stereocenters. The van der Waals surface area contributed by atoms with Gasteiger partial charge >= 0.3 is 6.09 Å². The minimum absolute atomic E-state index is 0.218. The molecule has 0 spiro atoms. The molecule has 1 saturated carbocycles. The monoisotopic (exact) mass is 375 g/mol. The number of amides is 1. The number of carbonyl (C=O) groups excluding carboxylic acids is 1. The van der Waals surface area contributed by atoms with E-state index in [-0.39, 0.29) is 12.1 Å². The molecule has 0 bridgehead atoms. The number of likely N-dealkylation sites (tertiary alicyclic amines) is 1. The molecule has 1 aliphatic heterocycles. The number of nitrogens with one attached hydrogen (secondary N) is 1. The number of rotatable bonds is 7. The maximum absolute atomic E-state index is 11.7. The Kier molecular flexibility index (Phi) is 6.73. The number of hydrogen-bond acceptors (Lipinski definition) is 5. The fourth-order valence-corrected chi connectivity index (χ4v) is 2.93. The summed E-state index contributed by atoms with van der Waals surface area (Å²) < 4.78 is 10.7. The van der Waals surface area contributed by atoms with Crippen LogP contribution in [0.25, 0.3) is 0 Å². The highest BCUT2D eigenvalue weighted by Gasteiger charge is 2.24. The molecule has 8 heteroatoms. The fraction of sp³-hybridized carbons (Fsp3) is 0.632. The van der Waals surface area contributed by atoms with E-state index in [0.717, 1.165) is 25.0 Å². The highest BCUT2D eigenvalue weighted by Crippen LogP contribution is 2.29. The third-order valence-electron chi connectivity index (χ3n) is 4.77. The van der Waals surface area contributed by atoms with E-state index < -0.39 is 0 Å². The van der Waals surface area contributed by atoms with E-state index in [4.69, 9.17) is 15.2 Å². The molecule has 8 nitrogen and oxygen atoms in total. The van der Waals surface area contributed by atoms with E-state index in [1.165, 1.54) is 12.8 Å². The summed E-state index contributed by atoms with van der Waals surface area (Å²) in [5, 5.41) is 3.24. The van der Waals surface area contributed by atoms with Crippen molar-refractivity contribution >= 4 is 12.1 Å². The maximum Gasteiger partial charge on any atom is 0.409 e. The van der Waals surface area contributed by atoms with E-state index in [1.807, 2.05) is 19.1 Å². The molecule has 148 valence electrons. The quantitative estimate of drug-likeness (QED) is 0.557. The third-order valence-corrected chi connectivity index (χ3v) is 4.77. The lowest BCUT2D eigenvalue weighted by Crippen LogP contribution is -2.48. The molecule has 0 aromatic carbocycles. The molecular formula is C19H29N5O3. The van der Waals surface area contributed by atoms with Gasteiger partial charge in [0.1, 0.15) is 0 Å². The SMILES string of the molecule is CCOC(=O)N1CCC(NC(N)=NCc2ccc(OCC3CC3)nc2)CC1. The van der Waals surface area contributed by atoms with E-state index in [0.29, 0.717) is 44.0 Å². The predicted octanol–water partition coefficient (Wildman–Crippen LogP) is 1.90. The van der Waals surface area contributed by atoms with Crippen LogP contribution in [-0.4, -0.2) is 54.3 Å². The number of pyridine rings is 1. The molecule has 2 aliphatic rings. The summed E-state index contributed by atoms with van der Waals surface area (Å²) in [6.45, 7) is 4.77. The minimum atomic E-state index is -0.241. The van der Waals surface area contributed by atoms with Gasteiger partial charge in [-0.2, -0.15) is 0 Å². The number of piperidine rings is 1. The van der Waals surface area contributed by atoms with Crippen LogP contribution in [0.15, 0.2) is 23.3 Å². The van der Waals surface area contributed by atoms with E-state index in [1.54, 1.807) is 11.1 Å². The second-order valence-corrected chi connectivity index (χ2v) is 7.07. The van der Waals surface area contributed by atoms with E-state index in [9.17, 15) is 4.79 Å². The van der Waals surface area contributed by atoms with Crippen LogP contribution in [0.1, 0.15) is 38.2 Å². The van der Waals surface area contributed by atoms with Crippen LogP contribution in [0.2, 0.25) is 0 Å². The summed E-state index contributed by atoms with van der Waals surface area (Å²) >= 11 is 0. The molecule has 1 amide bonds. The Morgan fingerprint density at radius 3 is 2.74 bits per heavy atom. The molecule has 2 heterocycles. The van der Waals surface area contributed by atoms with Crippen molar-refractivity contribution in [3.63, 3.8) is 0 Å². The van der Waals surface area contributed by atoms with Gasteiger partial charge in [-0.3, -0.25) is 0 Å². The van der Waals surface area contributed by atoms with Crippen LogP contribution >= 0.6 is 0 Å². The summed E-state index contributed by atoms with van der Waals surface area (Å²) in [5.41, 5.74) is 6.98. The highest BCUT2D eigenvalue weighted by molar-refractivity contribution is 5.78. The van der Waals surface area contributed by atoms with Gasteiger partial charge in [-0.05, 0) is 44.1 Å². The van der Waals surface area contributed by atoms with Crippen LogP contribution in [0.5, 0.6) is 5.88 Å². The highest BCUT2D eigenvalue weighted by atomic mass is 16.6. The zero-order valence-electron chi connectivity index (χ0n) is 15.9. The first kappa shape index (κ1) is 19.3. The van der Waals surface area contributed by atoms with Crippen LogP contribution in [0, 0.1) is 5.92 Å². The summed E-state index contributed by atoms with van der Waals surface area (Å²) in [7, 11) is 0. The van der Waals surface area contributed by atoms with E-state index in [2.05, 4.69) is 15.3 Å². The van der Waals surface area contributed by atoms with E-state index >= 15 is 0 Å². The molecule has 3 rings (SSSR count). The number of aromatic nitrogens is 1. The molecule has 1 aliphatic carbocycles. The Morgan fingerprint density at radius 1 is 1.33 bits per heavy atom. The number of ether oxygens (including phenoxy) is 2. The lowest BCUT2D eigenvalue weighted by atomic mass is 10.1. The summed E-state index contributed by atoms with van der Waals surface area (Å²) in [4.78, 5) is 22.1. The average Bonchev–Trinajstić information content (AvgIpc) is 3.51. The molecule has 2 fully saturated rings. The van der Waals surface area contributed by atoms with Crippen LogP contribution < -0.4 is 15.8 Å². The van der Waals surface area contributed by atoms with Crippen molar-refractivity contribution in [2.45, 2.75) is 45.2 Å². The van der Waals surface area contributed by atoms with Crippen molar-refractivity contribution in [2.24, 2.45) is 16.6 Å². The van der Waals surface area contributed by atoms with Crippen molar-refractivity contribution < 1.29 is 14.3 Å². The summed E-state index contributed by atoms with van der Waals surface area (Å²) in [6.07, 6.45) is 5.71. The number of nitrogens with two attached hydrogens (primary N) is 1. The van der Waals surface area contributed by atoms with Crippen molar-refractivity contribution in [1.29, 1.82) is 0 Å². The third kappa shape index (κ3) is 6.30. The first-order valence-corrected chi connectivity index (χ1v) is 9.70. The molecule has 0 radical (unpaired) electrons. The maximum atomic E-state index is 11.7. The Bertz CT molecular complexity index is 637. The van der Waals surface area contributed by atoms with Gasteiger partial charge in [-0.15, -0.1) is 0 Å². The van der Waals surface area contributed by atoms with Gasteiger partial charge in [0.15, 0.2) is 5.96 Å². The number of nitrogens with zero attached hydrogens (tertiary/aromatic N) is 3. The van der Waals surface area contributed by atoms with Gasteiger partial charge in [0, 0.05) is 31.4 Å². The second kappa shape index (κ2) is 9.43. The van der Waals surface area contributed by atoms with Crippen molar-refractivity contribution in [3.8, 4) is 5.88 Å². The van der Waals surface area contributed by atoms with Gasteiger partial charge in [0.05, 0.1) is 19.8 Å². The minimum Gasteiger partial charge on any atom is -0.477 e. The lowest BCUT2D eigenvalue weighted by Gasteiger charge is -2.31. The number of carbonyl (C=O) groups is 1. The zero-order chi connectivity index (χ0) is 19.1. The predicted molar refractivity (Wildman–Crippen MR) is 103 cm³/mol. The van der Waals surface area contributed by atoms with Gasteiger partial charge in [-0.1, -0.05) is 6.07 Å². The largest absolute Gasteiger partial charge is 0.477 e. The summed E-state index contributed by atoms with van der Waals surface area (Å²) in [5.74, 6) is 1.79. The van der Waals surface area contributed by atoms with Gasteiger partial charge in [0.25, 0.3) is 0 Å². The normalized spacial score (nSPS) is 18.3. The van der Waals surface area contributed by atoms with Gasteiger partial charge < -0.3 is 25.4 Å². The Balaban J connectivity index is 1.38. The Hall–Kier alpha value is -2.51. The number of guanidine groups is 1. The lowest BCUT2D eigenvalue weighted by molar-refractivity contribution is 0.0963. The number of hydrogen-bond donors (Lipinski definition) is 2. The first-order valence-electron chi connectivity index (χ1n) is 9.70. The topological polar surface area (TPSA) is 102 Å². The molecular weight excluding hydrogens is 346 g/mol. The van der Waals surface area contributed by atoms with Crippen molar-refractivity contribution in [2.75, 3.05) is 26.3 Å². The smallest absolute Gasteiger partial charge is 0.409 e. The van der Waals surface area contributed by atoms with Crippen LogP contribution in [0.3, 0.4) is 0 Å². The Labute approximate surface area is 160 Å². The van der Waals surface area contributed by atoms with Crippen LogP contribution in [-0.2, 0) is 11.3 Å². The fourth-order valence-electron chi connectivity index (χ4n) is 2.93. The molecule has 1 aromatic rings. The molecule has 27 heavy (non-hydrogen) atoms. The van der Waals surface area contributed by atoms with Gasteiger partial charge in [-0.25, -0.2) is 14.8 Å². The van der Waals surface area contributed by atoms with Crippen molar-refractivity contribution in [1.82, 2.24) is 15.2 Å². The van der Waals surface area contributed by atoms with Gasteiger partial charge in [0.2, 0.25) is 5.88 Å².